The number of amidine groups is 1. The van der Waals surface area contributed by atoms with Gasteiger partial charge < -0.3 is 10.1 Å². The lowest BCUT2D eigenvalue weighted by molar-refractivity contribution is -0.354. The summed E-state index contributed by atoms with van der Waals surface area (Å²) in [5.41, 5.74) is 2.70. The minimum Gasteiger partial charge on any atom is -0.358 e. The summed E-state index contributed by atoms with van der Waals surface area (Å²) in [4.78, 5) is 14.8. The van der Waals surface area contributed by atoms with E-state index in [2.05, 4.69) is 18.2 Å². The molecule has 0 saturated carbocycles. The van der Waals surface area contributed by atoms with Crippen molar-refractivity contribution in [3.05, 3.63) is 64.8 Å². The molecule has 1 unspecified atom stereocenters. The Bertz CT molecular complexity index is 547. The zero-order chi connectivity index (χ0) is 13.1. The summed E-state index contributed by atoms with van der Waals surface area (Å²) < 4.78 is 0. The topological polar surface area (TPSA) is 55.5 Å². The Kier molecular flexibility index (Phi) is 3.37. The number of rotatable bonds is 4. The Labute approximate surface area is 106 Å². The van der Waals surface area contributed by atoms with E-state index < -0.39 is 4.92 Å². The Morgan fingerprint density at radius 1 is 1.39 bits per heavy atom. The van der Waals surface area contributed by atoms with Crippen molar-refractivity contribution in [1.82, 2.24) is 0 Å². The second-order valence-electron chi connectivity index (χ2n) is 4.15. The van der Waals surface area contributed by atoms with Gasteiger partial charge in [0, 0.05) is 5.56 Å². The Balaban J connectivity index is 2.52. The second-order valence-corrected chi connectivity index (χ2v) is 4.15. The molecule has 1 aliphatic rings. The smallest absolute Gasteiger partial charge is 0.347 e. The number of allylic oxidation sites excluding steroid dienone is 2. The first-order valence-electron chi connectivity index (χ1n) is 5.75. The van der Waals surface area contributed by atoms with E-state index in [1.807, 2.05) is 18.2 Å². The van der Waals surface area contributed by atoms with Crippen LogP contribution in [0.4, 0.5) is 5.69 Å². The van der Waals surface area contributed by atoms with Gasteiger partial charge in [-0.3, -0.25) is 0 Å². The molecule has 0 radical (unpaired) electrons. The van der Waals surface area contributed by atoms with Gasteiger partial charge in [-0.2, -0.15) is 0 Å². The summed E-state index contributed by atoms with van der Waals surface area (Å²) in [6, 6.07) is 5.65. The zero-order valence-corrected chi connectivity index (χ0v) is 10.0. The lowest BCUT2D eigenvalue weighted by Crippen LogP contribution is -2.18. The standard InChI is InChI=1S/C14H14N2O2/c1-3-6-10-8-5-9-12-13(10)11(7-4-2)14(15-12)16(17)18/h3-5,8-9,11H,1-2,6-7H2. The van der Waals surface area contributed by atoms with E-state index in [-0.39, 0.29) is 11.8 Å². The summed E-state index contributed by atoms with van der Waals surface area (Å²) in [6.45, 7) is 7.38. The quantitative estimate of drug-likeness (QED) is 0.461. The van der Waals surface area contributed by atoms with Crippen LogP contribution in [0.25, 0.3) is 0 Å². The van der Waals surface area contributed by atoms with Crippen LogP contribution in [-0.4, -0.2) is 10.8 Å². The predicted molar refractivity (Wildman–Crippen MR) is 72.0 cm³/mol. The number of aliphatic imine (C=N–C) groups is 1. The molecule has 0 fully saturated rings. The highest BCUT2D eigenvalue weighted by molar-refractivity contribution is 5.91. The number of hydrogen-bond acceptors (Lipinski definition) is 3. The summed E-state index contributed by atoms with van der Waals surface area (Å²) in [5.74, 6) is -0.273. The van der Waals surface area contributed by atoms with Crippen molar-refractivity contribution in [3.63, 3.8) is 0 Å². The van der Waals surface area contributed by atoms with Gasteiger partial charge in [-0.25, -0.2) is 0 Å². The van der Waals surface area contributed by atoms with Gasteiger partial charge in [-0.1, -0.05) is 24.3 Å². The molecule has 0 saturated heterocycles. The fourth-order valence-corrected chi connectivity index (χ4v) is 2.32. The van der Waals surface area contributed by atoms with Gasteiger partial charge in [0.1, 0.15) is 5.92 Å². The van der Waals surface area contributed by atoms with Gasteiger partial charge in [0.25, 0.3) is 0 Å². The van der Waals surface area contributed by atoms with Crippen molar-refractivity contribution in [2.24, 2.45) is 4.99 Å². The third kappa shape index (κ3) is 1.97. The SMILES string of the molecule is C=CCc1cccc2c1C(CC=C)C([N+](=O)[O-])=N2. The predicted octanol–water partition coefficient (Wildman–Crippen LogP) is 3.40. The van der Waals surface area contributed by atoms with Crippen LogP contribution in [-0.2, 0) is 6.42 Å². The normalized spacial score (nSPS) is 16.9. The molecular weight excluding hydrogens is 228 g/mol. The van der Waals surface area contributed by atoms with Crippen LogP contribution in [0, 0.1) is 10.1 Å². The maximum Gasteiger partial charge on any atom is 0.347 e. The van der Waals surface area contributed by atoms with Gasteiger partial charge in [-0.15, -0.1) is 13.2 Å². The molecule has 0 bridgehead atoms. The van der Waals surface area contributed by atoms with Gasteiger partial charge in [0.15, 0.2) is 5.69 Å². The number of nitro groups is 1. The lowest BCUT2D eigenvalue weighted by atomic mass is 9.90. The maximum absolute atomic E-state index is 11.0. The first kappa shape index (κ1) is 12.2. The number of fused-ring (bicyclic) bond motifs is 1. The van der Waals surface area contributed by atoms with Crippen LogP contribution in [0.3, 0.4) is 0 Å². The molecule has 1 atom stereocenters. The minimum absolute atomic E-state index is 0.0152. The molecular formula is C14H14N2O2. The highest BCUT2D eigenvalue weighted by Gasteiger charge is 2.37. The minimum atomic E-state index is -0.397. The molecule has 2 rings (SSSR count). The first-order chi connectivity index (χ1) is 8.69. The van der Waals surface area contributed by atoms with Crippen molar-refractivity contribution in [1.29, 1.82) is 0 Å². The van der Waals surface area contributed by atoms with Crippen molar-refractivity contribution < 1.29 is 4.92 Å². The van der Waals surface area contributed by atoms with E-state index in [1.54, 1.807) is 12.2 Å². The molecule has 0 spiro atoms. The van der Waals surface area contributed by atoms with E-state index in [0.717, 1.165) is 11.1 Å². The first-order valence-corrected chi connectivity index (χ1v) is 5.75. The van der Waals surface area contributed by atoms with Crippen LogP contribution in [0.5, 0.6) is 0 Å². The van der Waals surface area contributed by atoms with Crippen LogP contribution in [0.15, 0.2) is 48.5 Å². The molecule has 1 heterocycles. The lowest BCUT2D eigenvalue weighted by Gasteiger charge is -2.10. The van der Waals surface area contributed by atoms with E-state index in [1.165, 1.54) is 0 Å². The molecule has 0 amide bonds. The molecule has 1 aromatic rings. The average Bonchev–Trinajstić information content (AvgIpc) is 2.70. The molecule has 18 heavy (non-hydrogen) atoms. The molecule has 0 N–H and O–H groups in total. The third-order valence-electron chi connectivity index (χ3n) is 3.02. The highest BCUT2D eigenvalue weighted by atomic mass is 16.6. The average molecular weight is 242 g/mol. The van der Waals surface area contributed by atoms with Crippen LogP contribution in [0.1, 0.15) is 23.5 Å². The monoisotopic (exact) mass is 242 g/mol. The van der Waals surface area contributed by atoms with Crippen molar-refractivity contribution in [2.75, 3.05) is 0 Å². The molecule has 1 aliphatic heterocycles. The highest BCUT2D eigenvalue weighted by Crippen LogP contribution is 2.40. The molecule has 4 nitrogen and oxygen atoms in total. The van der Waals surface area contributed by atoms with E-state index >= 15 is 0 Å². The van der Waals surface area contributed by atoms with Crippen molar-refractivity contribution in [3.8, 4) is 0 Å². The zero-order valence-electron chi connectivity index (χ0n) is 10.0. The summed E-state index contributed by atoms with van der Waals surface area (Å²) in [7, 11) is 0. The van der Waals surface area contributed by atoms with Crippen LogP contribution < -0.4 is 0 Å². The van der Waals surface area contributed by atoms with E-state index in [9.17, 15) is 10.1 Å². The molecule has 0 aliphatic carbocycles. The summed E-state index contributed by atoms with van der Waals surface area (Å²) in [5, 5.41) is 11.0. The molecule has 0 aromatic heterocycles. The van der Waals surface area contributed by atoms with Crippen LogP contribution in [0.2, 0.25) is 0 Å². The van der Waals surface area contributed by atoms with E-state index in [0.29, 0.717) is 18.5 Å². The molecule has 1 aromatic carbocycles. The maximum atomic E-state index is 11.0. The second kappa shape index (κ2) is 4.96. The molecule has 4 heteroatoms. The van der Waals surface area contributed by atoms with E-state index in [4.69, 9.17) is 0 Å². The van der Waals surface area contributed by atoms with Crippen molar-refractivity contribution in [2.45, 2.75) is 18.8 Å². The summed E-state index contributed by atoms with van der Waals surface area (Å²) >= 11 is 0. The number of benzene rings is 1. The fourth-order valence-electron chi connectivity index (χ4n) is 2.32. The number of nitrogens with zero attached hydrogens (tertiary/aromatic N) is 2. The van der Waals surface area contributed by atoms with Gasteiger partial charge in [0.05, 0.1) is 0 Å². The van der Waals surface area contributed by atoms with Crippen molar-refractivity contribution >= 4 is 11.5 Å². The Morgan fingerprint density at radius 3 is 2.78 bits per heavy atom. The fraction of sp³-hybridized carbons (Fsp3) is 0.214. The summed E-state index contributed by atoms with van der Waals surface area (Å²) in [6.07, 6.45) is 4.71. The Morgan fingerprint density at radius 2 is 2.17 bits per heavy atom. The Hall–Kier alpha value is -2.23. The van der Waals surface area contributed by atoms with Gasteiger partial charge >= 0.3 is 5.84 Å². The van der Waals surface area contributed by atoms with Gasteiger partial charge in [-0.05, 0) is 34.4 Å². The van der Waals surface area contributed by atoms with Gasteiger partial charge in [0.2, 0.25) is 0 Å². The molecule has 92 valence electrons. The largest absolute Gasteiger partial charge is 0.358 e. The van der Waals surface area contributed by atoms with Crippen LogP contribution >= 0.6 is 0 Å². The number of hydrogen-bond donors (Lipinski definition) is 0. The third-order valence-corrected chi connectivity index (χ3v) is 3.02.